The Hall–Kier alpha value is -2.63. The Labute approximate surface area is 200 Å². The topological polar surface area (TPSA) is 86.2 Å². The zero-order valence-corrected chi connectivity index (χ0v) is 20.5. The molecule has 9 nitrogen and oxygen atoms in total. The molecule has 168 valence electrons. The summed E-state index contributed by atoms with van der Waals surface area (Å²) in [4.78, 5) is 31.4. The molecule has 1 saturated heterocycles. The fourth-order valence-corrected chi connectivity index (χ4v) is 3.05. The van der Waals surface area contributed by atoms with Crippen molar-refractivity contribution in [3.05, 3.63) is 48.3 Å². The summed E-state index contributed by atoms with van der Waals surface area (Å²) in [5.41, 5.74) is 1.07. The molecule has 1 aliphatic heterocycles. The lowest BCUT2D eigenvalue weighted by molar-refractivity contribution is -0.127. The molecule has 1 N–H and O–H groups in total. The summed E-state index contributed by atoms with van der Waals surface area (Å²) in [6.07, 6.45) is 3.51. The second kappa shape index (κ2) is 12.3. The van der Waals surface area contributed by atoms with Crippen LogP contribution in [0.15, 0.2) is 47.7 Å². The molecule has 1 fully saturated rings. The maximum atomic E-state index is 12.1. The summed E-state index contributed by atoms with van der Waals surface area (Å²) in [5.74, 6) is 2.29. The quantitative estimate of drug-likeness (QED) is 0.338. The molecule has 1 aromatic carbocycles. The normalized spacial score (nSPS) is 14.0. The summed E-state index contributed by atoms with van der Waals surface area (Å²) in [6.45, 7) is 3.83. The molecule has 1 aliphatic rings. The molecule has 0 bridgehead atoms. The van der Waals surface area contributed by atoms with E-state index in [1.54, 1.807) is 38.5 Å². The first kappa shape index (κ1) is 24.6. The first-order valence-electron chi connectivity index (χ1n) is 9.95. The van der Waals surface area contributed by atoms with Crippen molar-refractivity contribution in [2.45, 2.75) is 6.54 Å². The summed E-state index contributed by atoms with van der Waals surface area (Å²) >= 11 is 0. The van der Waals surface area contributed by atoms with Gasteiger partial charge in [-0.2, -0.15) is 0 Å². The van der Waals surface area contributed by atoms with Gasteiger partial charge < -0.3 is 24.8 Å². The molecule has 0 radical (unpaired) electrons. The number of amides is 1. The highest BCUT2D eigenvalue weighted by Gasteiger charge is 2.21. The van der Waals surface area contributed by atoms with Crippen LogP contribution in [0, 0.1) is 0 Å². The van der Waals surface area contributed by atoms with E-state index < -0.39 is 0 Å². The second-order valence-electron chi connectivity index (χ2n) is 7.15. The number of rotatable bonds is 6. The predicted molar refractivity (Wildman–Crippen MR) is 132 cm³/mol. The number of nitrogens with zero attached hydrogens (tertiary/aromatic N) is 6. The van der Waals surface area contributed by atoms with Crippen LogP contribution in [-0.4, -0.2) is 85.6 Å². The third-order valence-electron chi connectivity index (χ3n) is 4.88. The fourth-order valence-electron chi connectivity index (χ4n) is 3.05. The maximum Gasteiger partial charge on any atom is 0.241 e. The molecule has 0 aliphatic carbocycles. The van der Waals surface area contributed by atoms with Gasteiger partial charge in [0.15, 0.2) is 5.96 Å². The van der Waals surface area contributed by atoms with Crippen molar-refractivity contribution in [1.82, 2.24) is 25.1 Å². The number of aliphatic imine (C=N–C) groups is 1. The van der Waals surface area contributed by atoms with Crippen LogP contribution in [0.5, 0.6) is 5.75 Å². The number of guanidine groups is 1. The van der Waals surface area contributed by atoms with E-state index >= 15 is 0 Å². The molecule has 1 aromatic heterocycles. The van der Waals surface area contributed by atoms with Crippen molar-refractivity contribution in [3.63, 3.8) is 0 Å². The van der Waals surface area contributed by atoms with E-state index in [0.717, 1.165) is 49.4 Å². The zero-order chi connectivity index (χ0) is 21.3. The van der Waals surface area contributed by atoms with E-state index in [-0.39, 0.29) is 36.4 Å². The van der Waals surface area contributed by atoms with E-state index in [4.69, 9.17) is 9.73 Å². The van der Waals surface area contributed by atoms with Crippen molar-refractivity contribution in [1.29, 1.82) is 0 Å². The van der Waals surface area contributed by atoms with Gasteiger partial charge in [0.05, 0.1) is 20.2 Å². The van der Waals surface area contributed by atoms with Gasteiger partial charge in [0.25, 0.3) is 0 Å². The van der Waals surface area contributed by atoms with Gasteiger partial charge in [-0.1, -0.05) is 12.1 Å². The Kier molecular flexibility index (Phi) is 9.76. The van der Waals surface area contributed by atoms with Crippen molar-refractivity contribution in [3.8, 4) is 5.75 Å². The van der Waals surface area contributed by atoms with Crippen LogP contribution >= 0.6 is 24.0 Å². The van der Waals surface area contributed by atoms with Gasteiger partial charge in [-0.05, 0) is 23.8 Å². The lowest BCUT2D eigenvalue weighted by Gasteiger charge is -2.36. The Morgan fingerprint density at radius 2 is 1.77 bits per heavy atom. The average molecular weight is 539 g/mol. The third-order valence-corrected chi connectivity index (χ3v) is 4.88. The Bertz CT molecular complexity index is 839. The van der Waals surface area contributed by atoms with E-state index in [1.165, 1.54) is 0 Å². The first-order valence-corrected chi connectivity index (χ1v) is 9.95. The molecule has 31 heavy (non-hydrogen) atoms. The van der Waals surface area contributed by atoms with Gasteiger partial charge in [-0.3, -0.25) is 4.79 Å². The molecular formula is C21H30IN7O2. The van der Waals surface area contributed by atoms with Crippen molar-refractivity contribution in [2.75, 3.05) is 58.8 Å². The van der Waals surface area contributed by atoms with E-state index in [9.17, 15) is 4.79 Å². The number of ether oxygens (including phenoxy) is 1. The van der Waals surface area contributed by atoms with Gasteiger partial charge in [0, 0.05) is 52.7 Å². The highest BCUT2D eigenvalue weighted by Crippen LogP contribution is 2.13. The largest absolute Gasteiger partial charge is 0.497 e. The standard InChI is InChI=1S/C21H29N7O2.HI/c1-26(2)19(29)16-25-21(24-15-17-5-7-18(30-3)8-6-17)28-13-11-27(12-14-28)20-22-9-4-10-23-20;/h4-10H,11-16H2,1-3H3,(H,24,25);1H. The number of nitrogens with one attached hydrogen (secondary N) is 1. The number of halogens is 1. The van der Waals surface area contributed by atoms with Gasteiger partial charge in [-0.15, -0.1) is 24.0 Å². The number of anilines is 1. The van der Waals surface area contributed by atoms with Crippen LogP contribution in [0.4, 0.5) is 5.95 Å². The molecule has 10 heteroatoms. The summed E-state index contributed by atoms with van der Waals surface area (Å²) < 4.78 is 5.21. The zero-order valence-electron chi connectivity index (χ0n) is 18.2. The van der Waals surface area contributed by atoms with Crippen LogP contribution in [-0.2, 0) is 11.3 Å². The van der Waals surface area contributed by atoms with E-state index in [0.29, 0.717) is 6.54 Å². The van der Waals surface area contributed by atoms with Crippen LogP contribution in [0.2, 0.25) is 0 Å². The molecule has 0 unspecified atom stereocenters. The lowest BCUT2D eigenvalue weighted by atomic mass is 10.2. The highest BCUT2D eigenvalue weighted by molar-refractivity contribution is 14.0. The van der Waals surface area contributed by atoms with Crippen molar-refractivity contribution >= 4 is 41.8 Å². The van der Waals surface area contributed by atoms with E-state index in [2.05, 4.69) is 25.1 Å². The SMILES string of the molecule is COc1ccc(CN=C(NCC(=O)N(C)C)N2CCN(c3ncccn3)CC2)cc1.I. The number of benzene rings is 1. The number of piperazine rings is 1. The van der Waals surface area contributed by atoms with Crippen LogP contribution in [0.3, 0.4) is 0 Å². The Balaban J connectivity index is 0.00000341. The molecule has 1 amide bonds. The van der Waals surface area contributed by atoms with Crippen LogP contribution in [0.1, 0.15) is 5.56 Å². The second-order valence-corrected chi connectivity index (χ2v) is 7.15. The minimum absolute atomic E-state index is 0. The lowest BCUT2D eigenvalue weighted by Crippen LogP contribution is -2.54. The van der Waals surface area contributed by atoms with E-state index in [1.807, 2.05) is 30.3 Å². The maximum absolute atomic E-state index is 12.1. The van der Waals surface area contributed by atoms with Crippen LogP contribution < -0.4 is 15.0 Å². The molecule has 2 aromatic rings. The number of hydrogen-bond donors (Lipinski definition) is 1. The summed E-state index contributed by atoms with van der Waals surface area (Å²) in [5, 5.41) is 3.23. The smallest absolute Gasteiger partial charge is 0.241 e. The molecular weight excluding hydrogens is 509 g/mol. The summed E-state index contributed by atoms with van der Waals surface area (Å²) in [6, 6.07) is 9.65. The molecule has 0 spiro atoms. The third kappa shape index (κ3) is 7.23. The molecule has 0 saturated carbocycles. The first-order chi connectivity index (χ1) is 14.6. The minimum atomic E-state index is 0. The monoisotopic (exact) mass is 539 g/mol. The Morgan fingerprint density at radius 3 is 2.35 bits per heavy atom. The molecule has 3 rings (SSSR count). The number of methoxy groups -OCH3 is 1. The number of likely N-dealkylation sites (N-methyl/N-ethyl adjacent to an activating group) is 1. The Morgan fingerprint density at radius 1 is 1.13 bits per heavy atom. The number of carbonyl (C=O) groups is 1. The van der Waals surface area contributed by atoms with Gasteiger partial charge >= 0.3 is 0 Å². The van der Waals surface area contributed by atoms with Gasteiger partial charge in [0.1, 0.15) is 5.75 Å². The molecule has 0 atom stereocenters. The number of hydrogen-bond acceptors (Lipinski definition) is 6. The molecule has 2 heterocycles. The van der Waals surface area contributed by atoms with Crippen LogP contribution in [0.25, 0.3) is 0 Å². The van der Waals surface area contributed by atoms with Gasteiger partial charge in [-0.25, -0.2) is 15.0 Å². The number of carbonyl (C=O) groups excluding carboxylic acids is 1. The van der Waals surface area contributed by atoms with Crippen molar-refractivity contribution in [2.24, 2.45) is 4.99 Å². The highest BCUT2D eigenvalue weighted by atomic mass is 127. The minimum Gasteiger partial charge on any atom is -0.497 e. The van der Waals surface area contributed by atoms with Crippen molar-refractivity contribution < 1.29 is 9.53 Å². The van der Waals surface area contributed by atoms with Gasteiger partial charge in [0.2, 0.25) is 11.9 Å². The summed E-state index contributed by atoms with van der Waals surface area (Å²) in [7, 11) is 5.14. The average Bonchev–Trinajstić information content (AvgIpc) is 2.80. The number of aromatic nitrogens is 2. The predicted octanol–water partition coefficient (Wildman–Crippen LogP) is 1.46. The fraction of sp³-hybridized carbons (Fsp3) is 0.429.